The first-order valence-corrected chi connectivity index (χ1v) is 5.63. The fraction of sp³-hybridized carbons (Fsp3) is 0.500. The lowest BCUT2D eigenvalue weighted by molar-refractivity contribution is 0.469. The van der Waals surface area contributed by atoms with E-state index in [0.29, 0.717) is 10.9 Å². The fourth-order valence-corrected chi connectivity index (χ4v) is 1.81. The second kappa shape index (κ2) is 6.09. The van der Waals surface area contributed by atoms with Crippen LogP contribution in [0.15, 0.2) is 18.2 Å². The Hall–Kier alpha value is -0.600. The number of halogens is 2. The Bertz CT molecular complexity index is 314. The third-order valence-electron chi connectivity index (χ3n) is 2.59. The van der Waals surface area contributed by atoms with Crippen LogP contribution in [0.25, 0.3) is 0 Å². The summed E-state index contributed by atoms with van der Waals surface area (Å²) < 4.78 is 13.5. The number of benzene rings is 1. The third-order valence-corrected chi connectivity index (χ3v) is 2.83. The number of hydrogen-bond acceptors (Lipinski definition) is 1. The monoisotopic (exact) mass is 229 g/mol. The zero-order valence-electron chi connectivity index (χ0n) is 9.19. The summed E-state index contributed by atoms with van der Waals surface area (Å²) in [5.74, 6) is 0.280. The molecule has 84 valence electrons. The highest BCUT2D eigenvalue weighted by molar-refractivity contribution is 6.30. The molecule has 0 aliphatic carbocycles. The van der Waals surface area contributed by atoms with E-state index in [2.05, 4.69) is 12.2 Å². The molecule has 0 saturated carbocycles. The molecule has 1 aromatic rings. The average Bonchev–Trinajstić information content (AvgIpc) is 2.21. The first kappa shape index (κ1) is 12.5. The van der Waals surface area contributed by atoms with Crippen LogP contribution in [-0.2, 0) is 6.42 Å². The zero-order valence-corrected chi connectivity index (χ0v) is 9.94. The molecule has 0 spiro atoms. The van der Waals surface area contributed by atoms with Crippen LogP contribution in [0.5, 0.6) is 0 Å². The van der Waals surface area contributed by atoms with Crippen LogP contribution in [0.1, 0.15) is 18.9 Å². The molecule has 1 atom stereocenters. The first-order valence-electron chi connectivity index (χ1n) is 5.25. The van der Waals surface area contributed by atoms with Crippen LogP contribution in [0.3, 0.4) is 0 Å². The van der Waals surface area contributed by atoms with E-state index in [1.807, 2.05) is 7.05 Å². The molecule has 0 bridgehead atoms. The zero-order chi connectivity index (χ0) is 11.3. The molecule has 1 N–H and O–H groups in total. The Morgan fingerprint density at radius 3 is 2.73 bits per heavy atom. The van der Waals surface area contributed by atoms with Gasteiger partial charge in [-0.2, -0.15) is 0 Å². The van der Waals surface area contributed by atoms with E-state index in [1.54, 1.807) is 12.1 Å². The van der Waals surface area contributed by atoms with Crippen molar-refractivity contribution in [2.45, 2.75) is 19.8 Å². The van der Waals surface area contributed by atoms with Crippen LogP contribution in [0.4, 0.5) is 4.39 Å². The Balaban J connectivity index is 2.70. The van der Waals surface area contributed by atoms with E-state index in [0.717, 1.165) is 24.9 Å². The molecule has 0 radical (unpaired) electrons. The SMILES string of the molecule is CCC(CNC)Cc1ccc(Cl)cc1F. The van der Waals surface area contributed by atoms with E-state index in [-0.39, 0.29) is 5.82 Å². The highest BCUT2D eigenvalue weighted by Crippen LogP contribution is 2.18. The van der Waals surface area contributed by atoms with Crippen molar-refractivity contribution < 1.29 is 4.39 Å². The van der Waals surface area contributed by atoms with Gasteiger partial charge in [0.15, 0.2) is 0 Å². The smallest absolute Gasteiger partial charge is 0.127 e. The first-order chi connectivity index (χ1) is 7.17. The van der Waals surface area contributed by atoms with Gasteiger partial charge in [-0.1, -0.05) is 31.0 Å². The minimum atomic E-state index is -0.197. The molecular formula is C12H17ClFN. The number of rotatable bonds is 5. The second-order valence-corrected chi connectivity index (χ2v) is 4.21. The van der Waals surface area contributed by atoms with E-state index < -0.39 is 0 Å². The van der Waals surface area contributed by atoms with Crippen molar-refractivity contribution in [1.29, 1.82) is 0 Å². The van der Waals surface area contributed by atoms with Crippen LogP contribution in [0.2, 0.25) is 5.02 Å². The normalized spacial score (nSPS) is 12.8. The predicted molar refractivity (Wildman–Crippen MR) is 62.8 cm³/mol. The van der Waals surface area contributed by atoms with Gasteiger partial charge in [0.05, 0.1) is 0 Å². The lowest BCUT2D eigenvalue weighted by Crippen LogP contribution is -2.20. The molecule has 15 heavy (non-hydrogen) atoms. The summed E-state index contributed by atoms with van der Waals surface area (Å²) in [5, 5.41) is 3.58. The van der Waals surface area contributed by atoms with Gasteiger partial charge in [-0.3, -0.25) is 0 Å². The van der Waals surface area contributed by atoms with Crippen LogP contribution < -0.4 is 5.32 Å². The summed E-state index contributed by atoms with van der Waals surface area (Å²) in [6.07, 6.45) is 1.81. The summed E-state index contributed by atoms with van der Waals surface area (Å²) in [5.41, 5.74) is 0.751. The van der Waals surface area contributed by atoms with E-state index >= 15 is 0 Å². The average molecular weight is 230 g/mol. The van der Waals surface area contributed by atoms with Crippen LogP contribution >= 0.6 is 11.6 Å². The molecule has 0 aliphatic rings. The van der Waals surface area contributed by atoms with Gasteiger partial charge in [0.1, 0.15) is 5.82 Å². The Labute approximate surface area is 95.6 Å². The minimum Gasteiger partial charge on any atom is -0.319 e. The van der Waals surface area contributed by atoms with E-state index in [9.17, 15) is 4.39 Å². The topological polar surface area (TPSA) is 12.0 Å². The van der Waals surface area contributed by atoms with Crippen LogP contribution in [0, 0.1) is 11.7 Å². The highest BCUT2D eigenvalue weighted by Gasteiger charge is 2.10. The molecule has 0 heterocycles. The molecule has 1 aromatic carbocycles. The summed E-state index contributed by atoms with van der Waals surface area (Å²) in [7, 11) is 1.92. The van der Waals surface area contributed by atoms with Gasteiger partial charge in [-0.25, -0.2) is 4.39 Å². The quantitative estimate of drug-likeness (QED) is 0.817. The second-order valence-electron chi connectivity index (χ2n) is 3.77. The van der Waals surface area contributed by atoms with Crippen molar-refractivity contribution in [2.75, 3.05) is 13.6 Å². The lowest BCUT2D eigenvalue weighted by atomic mass is 9.96. The van der Waals surface area contributed by atoms with Gasteiger partial charge >= 0.3 is 0 Å². The molecule has 0 saturated heterocycles. The molecule has 0 aromatic heterocycles. The van der Waals surface area contributed by atoms with E-state index in [4.69, 9.17) is 11.6 Å². The summed E-state index contributed by atoms with van der Waals surface area (Å²) in [6.45, 7) is 3.04. The number of hydrogen-bond donors (Lipinski definition) is 1. The van der Waals surface area contributed by atoms with Crippen molar-refractivity contribution in [2.24, 2.45) is 5.92 Å². The summed E-state index contributed by atoms with van der Waals surface area (Å²) in [4.78, 5) is 0. The van der Waals surface area contributed by atoms with Gasteiger partial charge in [0, 0.05) is 5.02 Å². The summed E-state index contributed by atoms with van der Waals surface area (Å²) in [6, 6.07) is 4.89. The van der Waals surface area contributed by atoms with Gasteiger partial charge in [-0.15, -0.1) is 0 Å². The van der Waals surface area contributed by atoms with Gasteiger partial charge in [0.25, 0.3) is 0 Å². The van der Waals surface area contributed by atoms with Crippen molar-refractivity contribution >= 4 is 11.6 Å². The molecule has 0 amide bonds. The minimum absolute atomic E-state index is 0.197. The van der Waals surface area contributed by atoms with Crippen molar-refractivity contribution in [1.82, 2.24) is 5.32 Å². The Morgan fingerprint density at radius 1 is 1.47 bits per heavy atom. The van der Waals surface area contributed by atoms with E-state index in [1.165, 1.54) is 6.07 Å². The lowest BCUT2D eigenvalue weighted by Gasteiger charge is -2.14. The molecule has 1 rings (SSSR count). The van der Waals surface area contributed by atoms with Crippen molar-refractivity contribution in [3.8, 4) is 0 Å². The number of nitrogens with one attached hydrogen (secondary N) is 1. The van der Waals surface area contributed by atoms with Crippen molar-refractivity contribution in [3.05, 3.63) is 34.6 Å². The van der Waals surface area contributed by atoms with Gasteiger partial charge in [0.2, 0.25) is 0 Å². The standard InChI is InChI=1S/C12H17ClFN/c1-3-9(8-15-2)6-10-4-5-11(13)7-12(10)14/h4-5,7,9,15H,3,6,8H2,1-2H3. The molecule has 0 fully saturated rings. The fourth-order valence-electron chi connectivity index (χ4n) is 1.65. The Kier molecular flexibility index (Phi) is 5.06. The van der Waals surface area contributed by atoms with Gasteiger partial charge in [-0.05, 0) is 43.6 Å². The third kappa shape index (κ3) is 3.80. The molecule has 0 aliphatic heterocycles. The summed E-state index contributed by atoms with van der Waals surface area (Å²) >= 11 is 5.70. The maximum Gasteiger partial charge on any atom is 0.127 e. The van der Waals surface area contributed by atoms with Crippen molar-refractivity contribution in [3.63, 3.8) is 0 Å². The highest BCUT2D eigenvalue weighted by atomic mass is 35.5. The Morgan fingerprint density at radius 2 is 2.20 bits per heavy atom. The van der Waals surface area contributed by atoms with Gasteiger partial charge < -0.3 is 5.32 Å². The molecule has 3 heteroatoms. The van der Waals surface area contributed by atoms with Crippen LogP contribution in [-0.4, -0.2) is 13.6 Å². The predicted octanol–water partition coefficient (Wildman–Crippen LogP) is 3.27. The maximum atomic E-state index is 13.5. The maximum absolute atomic E-state index is 13.5. The molecule has 1 unspecified atom stereocenters. The largest absolute Gasteiger partial charge is 0.319 e. The molecular weight excluding hydrogens is 213 g/mol. The molecule has 1 nitrogen and oxygen atoms in total.